The summed E-state index contributed by atoms with van der Waals surface area (Å²) in [6, 6.07) is 6.52. The first-order valence-corrected chi connectivity index (χ1v) is 5.71. The van der Waals surface area contributed by atoms with Gasteiger partial charge >= 0.3 is 5.97 Å². The van der Waals surface area contributed by atoms with E-state index in [1.165, 1.54) is 0 Å². The van der Waals surface area contributed by atoms with Gasteiger partial charge in [-0.25, -0.2) is 0 Å². The number of hydrogen-bond donors (Lipinski definition) is 2. The quantitative estimate of drug-likeness (QED) is 0.724. The zero-order valence-electron chi connectivity index (χ0n) is 10.4. The van der Waals surface area contributed by atoms with Gasteiger partial charge in [-0.1, -0.05) is 12.1 Å². The van der Waals surface area contributed by atoms with Crippen molar-refractivity contribution in [3.05, 3.63) is 29.8 Å². The number of hydrogen-bond acceptors (Lipinski definition) is 3. The lowest BCUT2D eigenvalue weighted by Gasteiger charge is -2.16. The predicted molar refractivity (Wildman–Crippen MR) is 66.4 cm³/mol. The monoisotopic (exact) mass is 251 g/mol. The third kappa shape index (κ3) is 4.45. The molecule has 1 aromatic carbocycles. The molecular weight excluding hydrogens is 234 g/mol. The Balaban J connectivity index is 2.89. The first kappa shape index (κ1) is 14.0. The van der Waals surface area contributed by atoms with Crippen LogP contribution in [-0.2, 0) is 9.59 Å². The molecule has 18 heavy (non-hydrogen) atoms. The molecule has 0 saturated heterocycles. The molecule has 1 amide bonds. The van der Waals surface area contributed by atoms with Crippen LogP contribution in [0.15, 0.2) is 24.3 Å². The number of nitrogens with one attached hydrogen (secondary N) is 1. The molecule has 5 nitrogen and oxygen atoms in total. The first-order valence-electron chi connectivity index (χ1n) is 5.71. The van der Waals surface area contributed by atoms with E-state index in [1.807, 2.05) is 13.8 Å². The Kier molecular flexibility index (Phi) is 5.17. The molecule has 5 heteroatoms. The highest BCUT2D eigenvalue weighted by Crippen LogP contribution is 2.22. The lowest BCUT2D eigenvalue weighted by atomic mass is 10.0. The van der Waals surface area contributed by atoms with Gasteiger partial charge in [-0.2, -0.15) is 0 Å². The number of amides is 1. The molecule has 0 aromatic heterocycles. The Hall–Kier alpha value is -2.04. The summed E-state index contributed by atoms with van der Waals surface area (Å²) in [6.45, 7) is 3.82. The van der Waals surface area contributed by atoms with E-state index < -0.39 is 12.0 Å². The van der Waals surface area contributed by atoms with Gasteiger partial charge in [0.05, 0.1) is 18.6 Å². The highest BCUT2D eigenvalue weighted by molar-refractivity contribution is 5.68. The molecule has 0 bridgehead atoms. The van der Waals surface area contributed by atoms with Gasteiger partial charge in [-0.05, 0) is 31.5 Å². The fourth-order valence-corrected chi connectivity index (χ4v) is 1.61. The van der Waals surface area contributed by atoms with Gasteiger partial charge in [0, 0.05) is 0 Å². The minimum Gasteiger partial charge on any atom is -0.491 e. The molecule has 0 heterocycles. The van der Waals surface area contributed by atoms with Crippen LogP contribution in [0.25, 0.3) is 0 Å². The second-order valence-electron chi connectivity index (χ2n) is 4.17. The van der Waals surface area contributed by atoms with Crippen LogP contribution in [0.3, 0.4) is 0 Å². The van der Waals surface area contributed by atoms with Crippen LogP contribution in [0.2, 0.25) is 0 Å². The summed E-state index contributed by atoms with van der Waals surface area (Å²) in [5.74, 6) is -0.310. The molecule has 1 aromatic rings. The van der Waals surface area contributed by atoms with Gasteiger partial charge in [-0.15, -0.1) is 0 Å². The van der Waals surface area contributed by atoms with Crippen LogP contribution >= 0.6 is 0 Å². The average Bonchev–Trinajstić information content (AvgIpc) is 2.27. The summed E-state index contributed by atoms with van der Waals surface area (Å²) in [6.07, 6.45) is 0.380. The van der Waals surface area contributed by atoms with Crippen molar-refractivity contribution in [2.24, 2.45) is 0 Å². The van der Waals surface area contributed by atoms with Gasteiger partial charge in [-0.3, -0.25) is 9.59 Å². The summed E-state index contributed by atoms with van der Waals surface area (Å²) in [7, 11) is 0. The van der Waals surface area contributed by atoms with Gasteiger partial charge in [0.15, 0.2) is 0 Å². The molecular formula is C13H17NO4. The van der Waals surface area contributed by atoms with Crippen molar-refractivity contribution in [3.8, 4) is 5.75 Å². The summed E-state index contributed by atoms with van der Waals surface area (Å²) >= 11 is 0. The predicted octanol–water partition coefficient (Wildman–Crippen LogP) is 1.74. The van der Waals surface area contributed by atoms with E-state index in [0.717, 1.165) is 0 Å². The smallest absolute Gasteiger partial charge is 0.305 e. The summed E-state index contributed by atoms with van der Waals surface area (Å²) in [5.41, 5.74) is 0.711. The standard InChI is InChI=1S/C13H17NO4/c1-9(2)18-11-5-3-4-10(6-11)12(14-8-15)7-13(16)17/h3-6,8-9,12H,7H2,1-2H3,(H,14,15)(H,16,17)/t12-/m1/s1. The Morgan fingerprint density at radius 1 is 1.50 bits per heavy atom. The van der Waals surface area contributed by atoms with Crippen molar-refractivity contribution in [2.45, 2.75) is 32.4 Å². The number of carboxylic acids is 1. The Morgan fingerprint density at radius 2 is 2.22 bits per heavy atom. The lowest BCUT2D eigenvalue weighted by molar-refractivity contribution is -0.137. The van der Waals surface area contributed by atoms with Crippen molar-refractivity contribution >= 4 is 12.4 Å². The Bertz CT molecular complexity index is 417. The van der Waals surface area contributed by atoms with Crippen LogP contribution in [0, 0.1) is 0 Å². The highest BCUT2D eigenvalue weighted by Gasteiger charge is 2.15. The molecule has 0 fully saturated rings. The molecule has 0 unspecified atom stereocenters. The van der Waals surface area contributed by atoms with E-state index in [-0.39, 0.29) is 12.5 Å². The molecule has 0 aliphatic heterocycles. The fourth-order valence-electron chi connectivity index (χ4n) is 1.61. The largest absolute Gasteiger partial charge is 0.491 e. The zero-order valence-corrected chi connectivity index (χ0v) is 10.4. The molecule has 0 spiro atoms. The Labute approximate surface area is 106 Å². The summed E-state index contributed by atoms with van der Waals surface area (Å²) < 4.78 is 5.52. The molecule has 0 saturated carbocycles. The second-order valence-corrected chi connectivity index (χ2v) is 4.17. The average molecular weight is 251 g/mol. The van der Waals surface area contributed by atoms with Gasteiger partial charge in [0.2, 0.25) is 6.41 Å². The van der Waals surface area contributed by atoms with Crippen molar-refractivity contribution in [3.63, 3.8) is 0 Å². The lowest BCUT2D eigenvalue weighted by Crippen LogP contribution is -2.22. The van der Waals surface area contributed by atoms with Crippen molar-refractivity contribution in [1.82, 2.24) is 5.32 Å². The topological polar surface area (TPSA) is 75.6 Å². The maximum absolute atomic E-state index is 10.7. The minimum atomic E-state index is -0.968. The summed E-state index contributed by atoms with van der Waals surface area (Å²) in [4.78, 5) is 21.2. The molecule has 98 valence electrons. The van der Waals surface area contributed by atoms with Crippen LogP contribution in [0.1, 0.15) is 31.9 Å². The number of aliphatic carboxylic acids is 1. The van der Waals surface area contributed by atoms with Gasteiger partial charge in [0.1, 0.15) is 5.75 Å². The van der Waals surface area contributed by atoms with E-state index in [1.54, 1.807) is 24.3 Å². The van der Waals surface area contributed by atoms with Crippen molar-refractivity contribution in [2.75, 3.05) is 0 Å². The molecule has 0 radical (unpaired) electrons. The third-order valence-electron chi connectivity index (χ3n) is 2.28. The van der Waals surface area contributed by atoms with E-state index in [0.29, 0.717) is 17.7 Å². The number of rotatable bonds is 7. The number of carbonyl (C=O) groups is 2. The van der Waals surface area contributed by atoms with Crippen LogP contribution in [0.5, 0.6) is 5.75 Å². The first-order chi connectivity index (χ1) is 8.52. The summed E-state index contributed by atoms with van der Waals surface area (Å²) in [5, 5.41) is 11.3. The third-order valence-corrected chi connectivity index (χ3v) is 2.28. The number of ether oxygens (including phenoxy) is 1. The minimum absolute atomic E-state index is 0.0391. The van der Waals surface area contributed by atoms with Gasteiger partial charge < -0.3 is 15.2 Å². The van der Waals surface area contributed by atoms with E-state index in [9.17, 15) is 9.59 Å². The maximum atomic E-state index is 10.7. The maximum Gasteiger partial charge on any atom is 0.305 e. The van der Waals surface area contributed by atoms with Gasteiger partial charge in [0.25, 0.3) is 0 Å². The normalized spacial score (nSPS) is 11.9. The van der Waals surface area contributed by atoms with Crippen LogP contribution < -0.4 is 10.1 Å². The molecule has 2 N–H and O–H groups in total. The van der Waals surface area contributed by atoms with Crippen molar-refractivity contribution < 1.29 is 19.4 Å². The SMILES string of the molecule is CC(C)Oc1cccc([C@@H](CC(=O)O)NC=O)c1. The fraction of sp³-hybridized carbons (Fsp3) is 0.385. The Morgan fingerprint density at radius 3 is 2.78 bits per heavy atom. The van der Waals surface area contributed by atoms with E-state index in [4.69, 9.17) is 9.84 Å². The zero-order chi connectivity index (χ0) is 13.5. The van der Waals surface area contributed by atoms with Crippen LogP contribution in [-0.4, -0.2) is 23.6 Å². The number of carboxylic acid groups (broad SMARTS) is 1. The second kappa shape index (κ2) is 6.64. The number of carbonyl (C=O) groups excluding carboxylic acids is 1. The number of benzene rings is 1. The molecule has 0 aliphatic carbocycles. The molecule has 1 rings (SSSR count). The highest BCUT2D eigenvalue weighted by atomic mass is 16.5. The van der Waals surface area contributed by atoms with Crippen molar-refractivity contribution in [1.29, 1.82) is 0 Å². The van der Waals surface area contributed by atoms with E-state index >= 15 is 0 Å². The van der Waals surface area contributed by atoms with E-state index in [2.05, 4.69) is 5.32 Å². The van der Waals surface area contributed by atoms with Crippen LogP contribution in [0.4, 0.5) is 0 Å². The molecule has 0 aliphatic rings. The molecule has 1 atom stereocenters.